The summed E-state index contributed by atoms with van der Waals surface area (Å²) >= 11 is 0. The lowest BCUT2D eigenvalue weighted by Gasteiger charge is -2.41. The number of likely N-dealkylation sites (N-methyl/N-ethyl adjacent to an activating group) is 1. The molecule has 1 fully saturated rings. The van der Waals surface area contributed by atoms with Crippen molar-refractivity contribution in [1.29, 1.82) is 0 Å². The van der Waals surface area contributed by atoms with Gasteiger partial charge < -0.3 is 15.3 Å². The second kappa shape index (κ2) is 4.21. The molecule has 0 spiro atoms. The molecule has 0 aromatic heterocycles. The number of aliphatic hydroxyl groups is 1. The molecule has 1 rings (SSSR count). The fourth-order valence-electron chi connectivity index (χ4n) is 2.16. The third kappa shape index (κ3) is 2.19. The first-order valence-electron chi connectivity index (χ1n) is 4.72. The molecule has 0 radical (unpaired) electrons. The highest BCUT2D eigenvalue weighted by Gasteiger charge is 2.27. The number of rotatable bonds is 2. The lowest BCUT2D eigenvalue weighted by molar-refractivity contribution is 0.104. The zero-order valence-corrected chi connectivity index (χ0v) is 8.25. The van der Waals surface area contributed by atoms with Gasteiger partial charge in [-0.25, -0.2) is 0 Å². The Balaban J connectivity index is 2.48. The number of nitrogens with one attached hydrogen (secondary N) is 1. The largest absolute Gasteiger partial charge is 0.396 e. The predicted molar refractivity (Wildman–Crippen MR) is 50.2 cm³/mol. The standard InChI is InChI=1S/C9H20N2O/c1-7-6-11(3)9(4-5-12)8(2)10-7/h7-10,12H,4-6H2,1-3H3. The van der Waals surface area contributed by atoms with Crippen molar-refractivity contribution >= 4 is 0 Å². The molecule has 0 aromatic rings. The Morgan fingerprint density at radius 3 is 2.67 bits per heavy atom. The zero-order valence-electron chi connectivity index (χ0n) is 8.25. The van der Waals surface area contributed by atoms with Gasteiger partial charge in [0.15, 0.2) is 0 Å². The van der Waals surface area contributed by atoms with Crippen LogP contribution < -0.4 is 5.32 Å². The highest BCUT2D eigenvalue weighted by atomic mass is 16.3. The van der Waals surface area contributed by atoms with E-state index >= 15 is 0 Å². The molecule has 0 aliphatic carbocycles. The van der Waals surface area contributed by atoms with Crippen molar-refractivity contribution in [2.45, 2.75) is 38.4 Å². The minimum absolute atomic E-state index is 0.287. The summed E-state index contributed by atoms with van der Waals surface area (Å²) in [4.78, 5) is 2.34. The Labute approximate surface area is 74.8 Å². The van der Waals surface area contributed by atoms with Crippen molar-refractivity contribution in [3.05, 3.63) is 0 Å². The van der Waals surface area contributed by atoms with Gasteiger partial charge in [0.25, 0.3) is 0 Å². The van der Waals surface area contributed by atoms with Gasteiger partial charge in [-0.1, -0.05) is 0 Å². The van der Waals surface area contributed by atoms with E-state index in [0.29, 0.717) is 18.1 Å². The fourth-order valence-corrected chi connectivity index (χ4v) is 2.16. The Morgan fingerprint density at radius 2 is 2.17 bits per heavy atom. The molecule has 3 atom stereocenters. The fraction of sp³-hybridized carbons (Fsp3) is 1.00. The van der Waals surface area contributed by atoms with Gasteiger partial charge in [-0.3, -0.25) is 0 Å². The van der Waals surface area contributed by atoms with E-state index in [1.807, 2.05) is 0 Å². The van der Waals surface area contributed by atoms with Gasteiger partial charge in [-0.2, -0.15) is 0 Å². The number of piperazine rings is 1. The van der Waals surface area contributed by atoms with Crippen LogP contribution >= 0.6 is 0 Å². The smallest absolute Gasteiger partial charge is 0.0446 e. The van der Waals surface area contributed by atoms with Gasteiger partial charge in [0.1, 0.15) is 0 Å². The zero-order chi connectivity index (χ0) is 9.14. The van der Waals surface area contributed by atoms with E-state index in [-0.39, 0.29) is 6.61 Å². The number of hydrogen-bond donors (Lipinski definition) is 2. The first-order valence-corrected chi connectivity index (χ1v) is 4.72. The van der Waals surface area contributed by atoms with E-state index in [2.05, 4.69) is 31.1 Å². The maximum Gasteiger partial charge on any atom is 0.0446 e. The van der Waals surface area contributed by atoms with E-state index in [4.69, 9.17) is 5.11 Å². The van der Waals surface area contributed by atoms with Crippen LogP contribution in [0, 0.1) is 0 Å². The average Bonchev–Trinajstić information content (AvgIpc) is 1.96. The quantitative estimate of drug-likeness (QED) is 0.618. The minimum atomic E-state index is 0.287. The average molecular weight is 172 g/mol. The van der Waals surface area contributed by atoms with Gasteiger partial charge in [0, 0.05) is 31.3 Å². The van der Waals surface area contributed by atoms with Gasteiger partial charge in [-0.15, -0.1) is 0 Å². The highest BCUT2D eigenvalue weighted by Crippen LogP contribution is 2.13. The first kappa shape index (κ1) is 9.96. The Hall–Kier alpha value is -0.120. The molecule has 0 bridgehead atoms. The van der Waals surface area contributed by atoms with Crippen molar-refractivity contribution in [2.24, 2.45) is 0 Å². The molecule has 1 aliphatic rings. The molecule has 0 saturated carbocycles. The third-order valence-corrected chi connectivity index (χ3v) is 2.68. The number of nitrogens with zero attached hydrogens (tertiary/aromatic N) is 1. The van der Waals surface area contributed by atoms with Gasteiger partial charge in [0.05, 0.1) is 0 Å². The second-order valence-corrected chi connectivity index (χ2v) is 3.88. The van der Waals surface area contributed by atoms with Crippen LogP contribution in [0.1, 0.15) is 20.3 Å². The Bertz CT molecular complexity index is 128. The summed E-state index contributed by atoms with van der Waals surface area (Å²) in [6, 6.07) is 1.55. The molecule has 3 heteroatoms. The summed E-state index contributed by atoms with van der Waals surface area (Å²) < 4.78 is 0. The molecular formula is C9H20N2O. The molecular weight excluding hydrogens is 152 g/mol. The minimum Gasteiger partial charge on any atom is -0.396 e. The molecule has 3 unspecified atom stereocenters. The summed E-state index contributed by atoms with van der Waals surface area (Å²) in [5, 5.41) is 12.4. The van der Waals surface area contributed by atoms with Crippen LogP contribution in [-0.4, -0.2) is 48.3 Å². The van der Waals surface area contributed by atoms with Crippen LogP contribution in [0.5, 0.6) is 0 Å². The lowest BCUT2D eigenvalue weighted by atomic mass is 10.0. The molecule has 2 N–H and O–H groups in total. The monoisotopic (exact) mass is 172 g/mol. The molecule has 1 aliphatic heterocycles. The summed E-state index contributed by atoms with van der Waals surface area (Å²) in [6.45, 7) is 5.75. The number of hydrogen-bond acceptors (Lipinski definition) is 3. The normalized spacial score (nSPS) is 38.5. The van der Waals surface area contributed by atoms with Crippen LogP contribution in [-0.2, 0) is 0 Å². The molecule has 0 amide bonds. The van der Waals surface area contributed by atoms with Crippen LogP contribution in [0.15, 0.2) is 0 Å². The highest BCUT2D eigenvalue weighted by molar-refractivity contribution is 4.88. The maximum absolute atomic E-state index is 8.87. The lowest BCUT2D eigenvalue weighted by Crippen LogP contribution is -2.59. The molecule has 0 aromatic carbocycles. The molecule has 72 valence electrons. The van der Waals surface area contributed by atoms with Crippen molar-refractivity contribution in [1.82, 2.24) is 10.2 Å². The SMILES string of the molecule is CC1CN(C)C(CCO)C(C)N1. The van der Waals surface area contributed by atoms with Crippen LogP contribution in [0.25, 0.3) is 0 Å². The van der Waals surface area contributed by atoms with Crippen molar-refractivity contribution in [2.75, 3.05) is 20.2 Å². The van der Waals surface area contributed by atoms with Gasteiger partial charge in [-0.05, 0) is 27.3 Å². The van der Waals surface area contributed by atoms with Gasteiger partial charge >= 0.3 is 0 Å². The van der Waals surface area contributed by atoms with Crippen LogP contribution in [0.2, 0.25) is 0 Å². The summed E-state index contributed by atoms with van der Waals surface area (Å²) in [7, 11) is 2.13. The van der Waals surface area contributed by atoms with E-state index in [9.17, 15) is 0 Å². The summed E-state index contributed by atoms with van der Waals surface area (Å²) in [6.07, 6.45) is 0.872. The number of aliphatic hydroxyl groups excluding tert-OH is 1. The topological polar surface area (TPSA) is 35.5 Å². The van der Waals surface area contributed by atoms with Crippen molar-refractivity contribution in [3.8, 4) is 0 Å². The Kier molecular flexibility index (Phi) is 3.50. The predicted octanol–water partition coefficient (Wildman–Crippen LogP) is 0.0494. The molecule has 1 saturated heterocycles. The van der Waals surface area contributed by atoms with Crippen molar-refractivity contribution in [3.63, 3.8) is 0 Å². The summed E-state index contributed by atoms with van der Waals surface area (Å²) in [5.74, 6) is 0. The van der Waals surface area contributed by atoms with E-state index < -0.39 is 0 Å². The second-order valence-electron chi connectivity index (χ2n) is 3.88. The molecule has 3 nitrogen and oxygen atoms in total. The van der Waals surface area contributed by atoms with Crippen LogP contribution in [0.4, 0.5) is 0 Å². The van der Waals surface area contributed by atoms with E-state index in [1.165, 1.54) is 0 Å². The van der Waals surface area contributed by atoms with Gasteiger partial charge in [0.2, 0.25) is 0 Å². The molecule has 12 heavy (non-hydrogen) atoms. The summed E-state index contributed by atoms with van der Waals surface area (Å²) in [5.41, 5.74) is 0. The Morgan fingerprint density at radius 1 is 1.50 bits per heavy atom. The third-order valence-electron chi connectivity index (χ3n) is 2.68. The maximum atomic E-state index is 8.87. The van der Waals surface area contributed by atoms with E-state index in [1.54, 1.807) is 0 Å². The van der Waals surface area contributed by atoms with E-state index in [0.717, 1.165) is 13.0 Å². The van der Waals surface area contributed by atoms with Crippen molar-refractivity contribution < 1.29 is 5.11 Å². The first-order chi connectivity index (χ1) is 5.65. The van der Waals surface area contributed by atoms with Crippen LogP contribution in [0.3, 0.4) is 0 Å². The molecule has 1 heterocycles.